The minimum atomic E-state index is -5.34. The molecule has 1 aromatic carbocycles. The zero-order chi connectivity index (χ0) is 30.9. The number of aliphatic hydroxyl groups excluding tert-OH is 2. The van der Waals surface area contributed by atoms with Gasteiger partial charge in [0.15, 0.2) is 11.4 Å². The number of primary amides is 1. The predicted molar refractivity (Wildman–Crippen MR) is 129 cm³/mol. The summed E-state index contributed by atoms with van der Waals surface area (Å²) < 4.78 is 47.1. The first-order valence-corrected chi connectivity index (χ1v) is 12.6. The summed E-state index contributed by atoms with van der Waals surface area (Å²) in [5, 5.41) is 44.0. The van der Waals surface area contributed by atoms with Crippen LogP contribution in [0, 0.1) is 11.8 Å². The molecule has 0 radical (unpaired) electrons. The lowest BCUT2D eigenvalue weighted by atomic mass is 9.57. The molecule has 16 heteroatoms. The number of aliphatic hydroxyl groups is 3. The van der Waals surface area contributed by atoms with Gasteiger partial charge in [0.25, 0.3) is 5.91 Å². The van der Waals surface area contributed by atoms with Gasteiger partial charge in [-0.15, -0.1) is 13.2 Å². The van der Waals surface area contributed by atoms with Crippen molar-refractivity contribution in [2.45, 2.75) is 49.8 Å². The summed E-state index contributed by atoms with van der Waals surface area (Å²) in [6.07, 6.45) is -10.0. The number of rotatable bonds is 3. The molecule has 3 aliphatic carbocycles. The lowest BCUT2D eigenvalue weighted by Crippen LogP contribution is -2.64. The van der Waals surface area contributed by atoms with Crippen molar-refractivity contribution in [3.05, 3.63) is 46.2 Å². The fourth-order valence-electron chi connectivity index (χ4n) is 6.32. The van der Waals surface area contributed by atoms with E-state index in [1.807, 2.05) is 0 Å². The van der Waals surface area contributed by atoms with Crippen molar-refractivity contribution in [3.63, 3.8) is 0 Å². The number of Topliss-reactive ketones (excluding diaryl/α,β-unsaturated/α-hetero) is 2. The lowest BCUT2D eigenvalue weighted by molar-refractivity contribution is -0.295. The number of benzene rings is 1. The third-order valence-electron chi connectivity index (χ3n) is 8.09. The van der Waals surface area contributed by atoms with Crippen LogP contribution in [-0.2, 0) is 35.1 Å². The van der Waals surface area contributed by atoms with Crippen molar-refractivity contribution in [1.29, 1.82) is 0 Å². The quantitative estimate of drug-likeness (QED) is 0.246. The number of esters is 1. The fraction of sp³-hybridized carbons (Fsp3) is 0.423. The van der Waals surface area contributed by atoms with E-state index in [1.165, 1.54) is 18.2 Å². The molecular weight excluding hydrogens is 573 g/mol. The monoisotopic (exact) mass is 596 g/mol. The zero-order valence-electron chi connectivity index (χ0n) is 21.4. The molecule has 1 saturated heterocycles. The van der Waals surface area contributed by atoms with Crippen LogP contribution >= 0.6 is 0 Å². The fourth-order valence-corrected chi connectivity index (χ4v) is 6.32. The number of hydrogen-bond acceptors (Lipinski definition) is 11. The highest BCUT2D eigenvalue weighted by Gasteiger charge is 2.65. The van der Waals surface area contributed by atoms with Gasteiger partial charge in [-0.3, -0.25) is 19.3 Å². The van der Waals surface area contributed by atoms with E-state index in [0.29, 0.717) is 4.90 Å². The van der Waals surface area contributed by atoms with Crippen LogP contribution in [0.4, 0.5) is 18.0 Å². The maximum absolute atomic E-state index is 13.8. The van der Waals surface area contributed by atoms with E-state index in [4.69, 9.17) is 10.5 Å². The zero-order valence-corrected chi connectivity index (χ0v) is 21.4. The van der Waals surface area contributed by atoms with E-state index in [0.717, 1.165) is 0 Å². The van der Waals surface area contributed by atoms with Gasteiger partial charge < -0.3 is 35.6 Å². The number of fused-ring (bicyclic) bond motifs is 3. The standard InChI is InChI=1S/C26H23F3N2O11/c27-26(28,29)42-24(39)31-6-2-4-12(31)23(38)41-19-10-7-9-3-1-5-13(32)15(9)18(34)16(10)20(35)25(40)11(19)8-14(33)17(21(25)36)22(30)37/h1,3,5,10-12,19,32,34,36,40H,2,4,6-8H2,(H2,30,37)/t10-,11-,12?,19+,25+/m1/s1. The van der Waals surface area contributed by atoms with Crippen LogP contribution in [0.3, 0.4) is 0 Å². The molecule has 224 valence electrons. The number of aromatic hydroxyl groups is 1. The number of nitrogens with zero attached hydrogens (tertiary/aromatic N) is 1. The summed E-state index contributed by atoms with van der Waals surface area (Å²) in [7, 11) is 0. The van der Waals surface area contributed by atoms with E-state index in [-0.39, 0.29) is 36.9 Å². The van der Waals surface area contributed by atoms with Crippen LogP contribution in [0.2, 0.25) is 0 Å². The number of hydrogen-bond donors (Lipinski definition) is 5. The summed E-state index contributed by atoms with van der Waals surface area (Å²) in [6.45, 7) is -0.294. The predicted octanol–water partition coefficient (Wildman–Crippen LogP) is 1.07. The molecule has 42 heavy (non-hydrogen) atoms. The normalized spacial score (nSPS) is 29.1. The highest BCUT2D eigenvalue weighted by Crippen LogP contribution is 2.53. The van der Waals surface area contributed by atoms with E-state index in [9.17, 15) is 57.6 Å². The first-order chi connectivity index (χ1) is 19.6. The molecule has 5 rings (SSSR count). The molecule has 0 aromatic heterocycles. The van der Waals surface area contributed by atoms with Crippen LogP contribution < -0.4 is 5.73 Å². The van der Waals surface area contributed by atoms with Crippen LogP contribution in [0.1, 0.15) is 30.4 Å². The molecule has 6 N–H and O–H groups in total. The average molecular weight is 596 g/mol. The van der Waals surface area contributed by atoms with Crippen LogP contribution in [-0.4, -0.2) is 85.5 Å². The Morgan fingerprint density at radius 1 is 1.10 bits per heavy atom. The Morgan fingerprint density at radius 2 is 1.79 bits per heavy atom. The molecule has 2 fully saturated rings. The molecule has 1 aliphatic heterocycles. The number of ether oxygens (including phenoxy) is 2. The van der Waals surface area contributed by atoms with Crippen molar-refractivity contribution in [3.8, 4) is 5.75 Å². The number of phenolic OH excluding ortho intramolecular Hbond substituents is 1. The van der Waals surface area contributed by atoms with Gasteiger partial charge in [0.1, 0.15) is 35.0 Å². The number of phenols is 1. The third kappa shape index (κ3) is 4.33. The molecule has 2 amide bonds. The van der Waals surface area contributed by atoms with E-state index >= 15 is 0 Å². The Bertz CT molecular complexity index is 1500. The molecule has 1 unspecified atom stereocenters. The Balaban J connectivity index is 1.61. The highest BCUT2D eigenvalue weighted by atomic mass is 19.4. The van der Waals surface area contributed by atoms with Crippen molar-refractivity contribution in [1.82, 2.24) is 4.90 Å². The van der Waals surface area contributed by atoms with Gasteiger partial charge in [-0.2, -0.15) is 0 Å². The Labute approximate surface area is 233 Å². The number of alkyl halides is 3. The second kappa shape index (κ2) is 9.75. The van der Waals surface area contributed by atoms with Crippen molar-refractivity contribution < 1.29 is 67.0 Å². The van der Waals surface area contributed by atoms with E-state index < -0.39 is 100 Å². The van der Waals surface area contributed by atoms with Gasteiger partial charge in [-0.1, -0.05) is 12.1 Å². The van der Waals surface area contributed by atoms with Crippen molar-refractivity contribution in [2.75, 3.05) is 6.54 Å². The molecule has 1 aromatic rings. The first-order valence-electron chi connectivity index (χ1n) is 12.6. The molecule has 13 nitrogen and oxygen atoms in total. The maximum Gasteiger partial charge on any atom is 0.576 e. The summed E-state index contributed by atoms with van der Waals surface area (Å²) in [5.41, 5.74) is 0.475. The number of halogens is 3. The van der Waals surface area contributed by atoms with Crippen LogP contribution in [0.25, 0.3) is 5.76 Å². The molecule has 4 aliphatic rings. The van der Waals surface area contributed by atoms with Gasteiger partial charge in [-0.25, -0.2) is 9.59 Å². The number of likely N-dealkylation sites (tertiary alicyclic amines) is 1. The second-order valence-corrected chi connectivity index (χ2v) is 10.4. The maximum atomic E-state index is 13.8. The molecule has 0 spiro atoms. The largest absolute Gasteiger partial charge is 0.576 e. The van der Waals surface area contributed by atoms with Crippen LogP contribution in [0.5, 0.6) is 5.75 Å². The third-order valence-corrected chi connectivity index (χ3v) is 8.09. The van der Waals surface area contributed by atoms with Crippen molar-refractivity contribution in [2.24, 2.45) is 17.6 Å². The molecule has 1 heterocycles. The minimum Gasteiger partial charge on any atom is -0.508 e. The molecular formula is C26H23F3N2O11. The molecule has 1 saturated carbocycles. The number of ketones is 2. The van der Waals surface area contributed by atoms with E-state index in [2.05, 4.69) is 4.74 Å². The van der Waals surface area contributed by atoms with Gasteiger partial charge >= 0.3 is 18.4 Å². The number of amides is 2. The number of carbonyl (C=O) groups is 5. The average Bonchev–Trinajstić information content (AvgIpc) is 3.38. The summed E-state index contributed by atoms with van der Waals surface area (Å²) in [6, 6.07) is 2.52. The van der Waals surface area contributed by atoms with Crippen molar-refractivity contribution >= 4 is 35.3 Å². The smallest absolute Gasteiger partial charge is 0.508 e. The summed E-state index contributed by atoms with van der Waals surface area (Å²) in [5.74, 6) is -10.9. The Kier molecular flexibility index (Phi) is 6.71. The first kappa shape index (κ1) is 28.9. The van der Waals surface area contributed by atoms with Crippen LogP contribution in [0.15, 0.2) is 35.1 Å². The number of carbonyl (C=O) groups excluding carboxylic acids is 5. The second-order valence-electron chi connectivity index (χ2n) is 10.4. The summed E-state index contributed by atoms with van der Waals surface area (Å²) in [4.78, 5) is 64.5. The molecule has 5 atom stereocenters. The van der Waals surface area contributed by atoms with Gasteiger partial charge in [0.05, 0.1) is 5.56 Å². The Hall–Kier alpha value is -4.60. The minimum absolute atomic E-state index is 0.0925. The SMILES string of the molecule is NC(=O)C1=C(O)[C@@]2(O)C(=O)C3=C(O)c4c(O)cccc4C[C@H]3[C@H](OC(=O)C3CCCN3C(=O)OC(F)(F)F)[C@H]2CC1=O. The van der Waals surface area contributed by atoms with Gasteiger partial charge in [0.2, 0.25) is 5.78 Å². The van der Waals surface area contributed by atoms with Gasteiger partial charge in [-0.05, 0) is 30.9 Å². The summed E-state index contributed by atoms with van der Waals surface area (Å²) >= 11 is 0. The lowest BCUT2D eigenvalue weighted by Gasteiger charge is -2.50. The number of nitrogens with two attached hydrogens (primary N) is 1. The highest BCUT2D eigenvalue weighted by molar-refractivity contribution is 6.23. The van der Waals surface area contributed by atoms with E-state index in [1.54, 1.807) is 0 Å². The Morgan fingerprint density at radius 3 is 2.43 bits per heavy atom. The van der Waals surface area contributed by atoms with Gasteiger partial charge in [0, 0.05) is 30.4 Å². The topological polar surface area (TPSA) is 214 Å². The molecule has 0 bridgehead atoms.